The molecule has 0 N–H and O–H groups in total. The van der Waals surface area contributed by atoms with E-state index in [2.05, 4.69) is 4.57 Å². The first kappa shape index (κ1) is 22.1. The minimum Gasteiger partial charge on any atom is -0.419 e. The van der Waals surface area contributed by atoms with E-state index < -0.39 is 17.7 Å². The Hall–Kier alpha value is -4.38. The van der Waals surface area contributed by atoms with E-state index in [0.717, 1.165) is 46.6 Å². The molecule has 0 amide bonds. The fraction of sp³-hybridized carbons (Fsp3) is 0.161. The zero-order valence-electron chi connectivity index (χ0n) is 19.7. The van der Waals surface area contributed by atoms with Gasteiger partial charge >= 0.3 is 11.9 Å². The normalized spacial score (nSPS) is 16.6. The lowest BCUT2D eigenvalue weighted by Gasteiger charge is -2.32. The Bertz CT molecular complexity index is 1420. The first-order valence-corrected chi connectivity index (χ1v) is 12.2. The summed E-state index contributed by atoms with van der Waals surface area (Å²) < 4.78 is 13.5. The maximum absolute atomic E-state index is 13.1. The number of carbonyl (C=O) groups is 2. The first-order valence-electron chi connectivity index (χ1n) is 12.2. The van der Waals surface area contributed by atoms with E-state index in [-0.39, 0.29) is 5.57 Å². The van der Waals surface area contributed by atoms with Gasteiger partial charge in [0.15, 0.2) is 0 Å². The number of para-hydroxylation sites is 1. The summed E-state index contributed by atoms with van der Waals surface area (Å²) >= 11 is 0. The SMILES string of the molecule is O=C1OC2(CCCC2)OC(=O)C1=Cc1cc(-c2ccccc2)n(-c2ccccc2)c1-c1ccccc1. The summed E-state index contributed by atoms with van der Waals surface area (Å²) in [7, 11) is 0. The molecule has 1 aliphatic heterocycles. The molecule has 1 saturated heterocycles. The summed E-state index contributed by atoms with van der Waals surface area (Å²) in [6.45, 7) is 0. The Morgan fingerprint density at radius 2 is 1.22 bits per heavy atom. The molecule has 4 aromatic rings. The molecular weight excluding hydrogens is 450 g/mol. The van der Waals surface area contributed by atoms with E-state index in [1.54, 1.807) is 6.08 Å². The topological polar surface area (TPSA) is 57.5 Å². The van der Waals surface area contributed by atoms with Gasteiger partial charge in [-0.3, -0.25) is 0 Å². The van der Waals surface area contributed by atoms with Crippen molar-refractivity contribution in [1.29, 1.82) is 0 Å². The van der Waals surface area contributed by atoms with Gasteiger partial charge in [-0.2, -0.15) is 0 Å². The van der Waals surface area contributed by atoms with E-state index in [4.69, 9.17) is 9.47 Å². The van der Waals surface area contributed by atoms with Crippen LogP contribution in [0.5, 0.6) is 0 Å². The lowest BCUT2D eigenvalue weighted by Crippen LogP contribution is -2.44. The van der Waals surface area contributed by atoms with Crippen molar-refractivity contribution in [3.63, 3.8) is 0 Å². The molecule has 2 heterocycles. The van der Waals surface area contributed by atoms with Crippen LogP contribution in [0.3, 0.4) is 0 Å². The van der Waals surface area contributed by atoms with E-state index in [0.29, 0.717) is 12.8 Å². The second kappa shape index (κ2) is 9.00. The number of aromatic nitrogens is 1. The number of benzene rings is 3. The van der Waals surface area contributed by atoms with Crippen LogP contribution in [-0.4, -0.2) is 22.3 Å². The zero-order valence-corrected chi connectivity index (χ0v) is 19.7. The summed E-state index contributed by atoms with van der Waals surface area (Å²) in [5.41, 5.74) is 5.40. The minimum absolute atomic E-state index is 0.0884. The van der Waals surface area contributed by atoms with Gasteiger partial charge in [-0.15, -0.1) is 0 Å². The number of esters is 2. The Balaban J connectivity index is 1.57. The predicted octanol–water partition coefficient (Wildman–Crippen LogP) is 6.57. The highest BCUT2D eigenvalue weighted by molar-refractivity contribution is 6.19. The molecule has 1 saturated carbocycles. The maximum Gasteiger partial charge on any atom is 0.348 e. The third-order valence-electron chi connectivity index (χ3n) is 6.82. The highest BCUT2D eigenvalue weighted by Gasteiger charge is 2.48. The van der Waals surface area contributed by atoms with Gasteiger partial charge in [0.05, 0.1) is 11.4 Å². The highest BCUT2D eigenvalue weighted by atomic mass is 16.7. The number of hydrogen-bond donors (Lipinski definition) is 0. The van der Waals surface area contributed by atoms with Crippen molar-refractivity contribution in [3.8, 4) is 28.2 Å². The summed E-state index contributed by atoms with van der Waals surface area (Å²) in [4.78, 5) is 26.1. The van der Waals surface area contributed by atoms with Gasteiger partial charge in [-0.1, -0.05) is 78.9 Å². The van der Waals surface area contributed by atoms with Crippen LogP contribution >= 0.6 is 0 Å². The van der Waals surface area contributed by atoms with Crippen LogP contribution in [0.4, 0.5) is 0 Å². The molecule has 0 atom stereocenters. The van der Waals surface area contributed by atoms with Gasteiger partial charge in [0.2, 0.25) is 0 Å². The molecule has 6 rings (SSSR count). The van der Waals surface area contributed by atoms with Crippen LogP contribution in [0, 0.1) is 0 Å². The van der Waals surface area contributed by atoms with Gasteiger partial charge in [0.1, 0.15) is 5.57 Å². The Morgan fingerprint density at radius 3 is 1.81 bits per heavy atom. The van der Waals surface area contributed by atoms with Gasteiger partial charge in [-0.25, -0.2) is 9.59 Å². The van der Waals surface area contributed by atoms with Crippen molar-refractivity contribution < 1.29 is 19.1 Å². The number of hydrogen-bond acceptors (Lipinski definition) is 4. The summed E-state index contributed by atoms with van der Waals surface area (Å²) in [6.07, 6.45) is 4.46. The fourth-order valence-electron chi connectivity index (χ4n) is 5.14. The summed E-state index contributed by atoms with van der Waals surface area (Å²) in [5, 5.41) is 0. The van der Waals surface area contributed by atoms with Gasteiger partial charge in [0, 0.05) is 24.1 Å². The fourth-order valence-corrected chi connectivity index (χ4v) is 5.14. The van der Waals surface area contributed by atoms with Crippen LogP contribution in [0.15, 0.2) is 103 Å². The molecule has 1 aliphatic carbocycles. The molecule has 2 aliphatic rings. The smallest absolute Gasteiger partial charge is 0.348 e. The Kier molecular flexibility index (Phi) is 5.53. The lowest BCUT2D eigenvalue weighted by molar-refractivity contribution is -0.232. The molecule has 36 heavy (non-hydrogen) atoms. The van der Waals surface area contributed by atoms with E-state index >= 15 is 0 Å². The van der Waals surface area contributed by atoms with Gasteiger partial charge in [-0.05, 0) is 48.2 Å². The average molecular weight is 476 g/mol. The van der Waals surface area contributed by atoms with Crippen LogP contribution in [-0.2, 0) is 19.1 Å². The monoisotopic (exact) mass is 475 g/mol. The molecule has 0 unspecified atom stereocenters. The van der Waals surface area contributed by atoms with Gasteiger partial charge in [0.25, 0.3) is 5.79 Å². The summed E-state index contributed by atoms with van der Waals surface area (Å²) in [5.74, 6) is -2.35. The number of carbonyl (C=O) groups excluding carboxylic acids is 2. The van der Waals surface area contributed by atoms with Crippen molar-refractivity contribution >= 4 is 18.0 Å². The zero-order chi connectivity index (χ0) is 24.5. The van der Waals surface area contributed by atoms with Crippen LogP contribution in [0.1, 0.15) is 31.2 Å². The van der Waals surface area contributed by atoms with Crippen LogP contribution in [0.2, 0.25) is 0 Å². The quantitative estimate of drug-likeness (QED) is 0.190. The molecule has 2 fully saturated rings. The van der Waals surface area contributed by atoms with Crippen molar-refractivity contribution in [2.45, 2.75) is 31.5 Å². The number of ether oxygens (including phenoxy) is 2. The van der Waals surface area contributed by atoms with Crippen molar-refractivity contribution in [2.75, 3.05) is 0 Å². The molecule has 5 nitrogen and oxygen atoms in total. The van der Waals surface area contributed by atoms with E-state index in [9.17, 15) is 9.59 Å². The highest BCUT2D eigenvalue weighted by Crippen LogP contribution is 2.41. The van der Waals surface area contributed by atoms with E-state index in [1.165, 1.54) is 0 Å². The third kappa shape index (κ3) is 3.93. The average Bonchev–Trinajstić information content (AvgIpc) is 3.52. The molecule has 3 aromatic carbocycles. The molecule has 1 aromatic heterocycles. The molecule has 0 radical (unpaired) electrons. The molecule has 1 spiro atoms. The molecule has 0 bridgehead atoms. The largest absolute Gasteiger partial charge is 0.419 e. The second-order valence-corrected chi connectivity index (χ2v) is 9.19. The molecule has 5 heteroatoms. The van der Waals surface area contributed by atoms with Crippen molar-refractivity contribution in [3.05, 3.63) is 108 Å². The maximum atomic E-state index is 13.1. The molecule has 178 valence electrons. The molecular formula is C31H25NO4. The van der Waals surface area contributed by atoms with Crippen LogP contribution in [0.25, 0.3) is 34.3 Å². The number of rotatable bonds is 4. The second-order valence-electron chi connectivity index (χ2n) is 9.19. The van der Waals surface area contributed by atoms with E-state index in [1.807, 2.05) is 97.1 Å². The Labute approximate surface area is 209 Å². The van der Waals surface area contributed by atoms with Crippen molar-refractivity contribution in [1.82, 2.24) is 4.57 Å². The number of nitrogens with zero attached hydrogens (tertiary/aromatic N) is 1. The Morgan fingerprint density at radius 1 is 0.694 bits per heavy atom. The predicted molar refractivity (Wildman–Crippen MR) is 138 cm³/mol. The van der Waals surface area contributed by atoms with Crippen LogP contribution < -0.4 is 0 Å². The lowest BCUT2D eigenvalue weighted by atomic mass is 10.0. The first-order chi connectivity index (χ1) is 17.6. The summed E-state index contributed by atoms with van der Waals surface area (Å²) in [6, 6.07) is 32.1. The van der Waals surface area contributed by atoms with Gasteiger partial charge < -0.3 is 14.0 Å². The van der Waals surface area contributed by atoms with Crippen molar-refractivity contribution in [2.24, 2.45) is 0 Å². The third-order valence-corrected chi connectivity index (χ3v) is 6.82. The standard InChI is InChI=1S/C31H25NO4/c33-29-26(30(34)36-31(35-29)18-10-11-19-31)20-24-21-27(22-12-4-1-5-13-22)32(25-16-8-3-9-17-25)28(24)23-14-6-2-7-15-23/h1-9,12-17,20-21H,10-11,18-19H2. The minimum atomic E-state index is -1.10.